The van der Waals surface area contributed by atoms with Gasteiger partial charge in [-0.3, -0.25) is 4.68 Å². The molecule has 0 unspecified atom stereocenters. The summed E-state index contributed by atoms with van der Waals surface area (Å²) in [5, 5.41) is 4.39. The lowest BCUT2D eigenvalue weighted by atomic mass is 10.2. The molecule has 0 saturated carbocycles. The average Bonchev–Trinajstić information content (AvgIpc) is 2.71. The van der Waals surface area contributed by atoms with Crippen LogP contribution in [0.1, 0.15) is 17.0 Å². The summed E-state index contributed by atoms with van der Waals surface area (Å²) < 4.78 is 3.93. The van der Waals surface area contributed by atoms with Crippen molar-refractivity contribution >= 4 is 0 Å². The number of aromatic nitrogens is 3. The molecule has 0 saturated heterocycles. The van der Waals surface area contributed by atoms with E-state index >= 15 is 0 Å². The molecule has 0 aliphatic rings. The third-order valence-electron chi connectivity index (χ3n) is 2.68. The van der Waals surface area contributed by atoms with Crippen molar-refractivity contribution in [1.29, 1.82) is 0 Å². The minimum absolute atomic E-state index is 0.576. The van der Waals surface area contributed by atoms with E-state index < -0.39 is 0 Å². The second-order valence-electron chi connectivity index (χ2n) is 3.78. The van der Waals surface area contributed by atoms with E-state index in [2.05, 4.69) is 29.6 Å². The van der Waals surface area contributed by atoms with Gasteiger partial charge in [0.25, 0.3) is 0 Å². The second kappa shape index (κ2) is 3.55. The lowest BCUT2D eigenvalue weighted by Gasteiger charge is -2.05. The molecule has 0 spiro atoms. The maximum atomic E-state index is 5.68. The van der Waals surface area contributed by atoms with E-state index in [-0.39, 0.29) is 0 Å². The van der Waals surface area contributed by atoms with E-state index in [0.29, 0.717) is 6.54 Å². The van der Waals surface area contributed by atoms with Crippen LogP contribution in [0, 0.1) is 13.8 Å². The predicted molar refractivity (Wildman–Crippen MR) is 59.9 cm³/mol. The number of rotatable bonds is 2. The quantitative estimate of drug-likeness (QED) is 0.801. The smallest absolute Gasteiger partial charge is 0.159 e. The predicted octanol–water partition coefficient (Wildman–Crippen LogP) is 1.29. The first kappa shape index (κ1) is 9.98. The molecular formula is C11H16N4. The van der Waals surface area contributed by atoms with Gasteiger partial charge in [-0.2, -0.15) is 5.10 Å². The van der Waals surface area contributed by atoms with Gasteiger partial charge in [-0.15, -0.1) is 0 Å². The van der Waals surface area contributed by atoms with E-state index in [0.717, 1.165) is 5.82 Å². The van der Waals surface area contributed by atoms with Gasteiger partial charge in [0.05, 0.1) is 0 Å². The number of hydrogen-bond donors (Lipinski definition) is 1. The summed E-state index contributed by atoms with van der Waals surface area (Å²) in [6.07, 6.45) is 1.94. The highest BCUT2D eigenvalue weighted by Gasteiger charge is 2.10. The molecule has 2 aromatic rings. The third-order valence-corrected chi connectivity index (χ3v) is 2.68. The van der Waals surface area contributed by atoms with Crippen molar-refractivity contribution in [2.24, 2.45) is 12.8 Å². The fourth-order valence-corrected chi connectivity index (χ4v) is 1.91. The van der Waals surface area contributed by atoms with E-state index in [1.807, 2.05) is 19.3 Å². The Bertz CT molecular complexity index is 479. The Morgan fingerprint density at radius 1 is 1.40 bits per heavy atom. The number of nitrogens with zero attached hydrogens (tertiary/aromatic N) is 3. The summed E-state index contributed by atoms with van der Waals surface area (Å²) in [5.41, 5.74) is 9.20. The monoisotopic (exact) mass is 204 g/mol. The van der Waals surface area contributed by atoms with Crippen LogP contribution < -0.4 is 5.73 Å². The molecule has 0 atom stereocenters. The van der Waals surface area contributed by atoms with E-state index in [1.165, 1.54) is 17.0 Å². The topological polar surface area (TPSA) is 48.8 Å². The van der Waals surface area contributed by atoms with Crippen LogP contribution in [0.4, 0.5) is 0 Å². The zero-order valence-corrected chi connectivity index (χ0v) is 9.36. The van der Waals surface area contributed by atoms with Crippen molar-refractivity contribution in [3.63, 3.8) is 0 Å². The maximum Gasteiger partial charge on any atom is 0.159 e. The van der Waals surface area contributed by atoms with E-state index in [4.69, 9.17) is 5.73 Å². The Morgan fingerprint density at radius 3 is 2.60 bits per heavy atom. The molecule has 0 fully saturated rings. The summed E-state index contributed by atoms with van der Waals surface area (Å²) in [6, 6.07) is 4.12. The molecule has 0 aromatic carbocycles. The molecule has 0 bridgehead atoms. The van der Waals surface area contributed by atoms with Gasteiger partial charge in [-0.1, -0.05) is 0 Å². The lowest BCUT2D eigenvalue weighted by molar-refractivity contribution is 0.744. The molecular weight excluding hydrogens is 188 g/mol. The van der Waals surface area contributed by atoms with Crippen molar-refractivity contribution in [2.75, 3.05) is 0 Å². The van der Waals surface area contributed by atoms with Crippen LogP contribution in [0.3, 0.4) is 0 Å². The molecule has 2 N–H and O–H groups in total. The standard InChI is InChI=1S/C11H16N4/c1-8-6-10(7-12)9(2)15(8)11-4-5-14(3)13-11/h4-6H,7,12H2,1-3H3. The van der Waals surface area contributed by atoms with Crippen molar-refractivity contribution < 1.29 is 0 Å². The first-order chi connectivity index (χ1) is 7.13. The van der Waals surface area contributed by atoms with Gasteiger partial charge in [0, 0.05) is 37.2 Å². The lowest BCUT2D eigenvalue weighted by Crippen LogP contribution is -2.03. The zero-order valence-electron chi connectivity index (χ0n) is 9.36. The molecule has 0 amide bonds. The van der Waals surface area contributed by atoms with Crippen molar-refractivity contribution in [3.8, 4) is 5.82 Å². The van der Waals surface area contributed by atoms with Gasteiger partial charge in [-0.25, -0.2) is 0 Å². The number of aryl methyl sites for hydroxylation is 2. The molecule has 4 heteroatoms. The minimum Gasteiger partial charge on any atom is -0.326 e. The van der Waals surface area contributed by atoms with Crippen LogP contribution in [-0.2, 0) is 13.6 Å². The van der Waals surface area contributed by atoms with Crippen LogP contribution >= 0.6 is 0 Å². The van der Waals surface area contributed by atoms with Crippen molar-refractivity contribution in [2.45, 2.75) is 20.4 Å². The highest BCUT2D eigenvalue weighted by molar-refractivity contribution is 5.36. The molecule has 15 heavy (non-hydrogen) atoms. The summed E-state index contributed by atoms with van der Waals surface area (Å²) >= 11 is 0. The second-order valence-corrected chi connectivity index (χ2v) is 3.78. The van der Waals surface area contributed by atoms with Crippen LogP contribution in [-0.4, -0.2) is 14.3 Å². The average molecular weight is 204 g/mol. The Labute approximate surface area is 89.3 Å². The first-order valence-electron chi connectivity index (χ1n) is 5.01. The number of hydrogen-bond acceptors (Lipinski definition) is 2. The van der Waals surface area contributed by atoms with Gasteiger partial charge < -0.3 is 10.3 Å². The molecule has 2 heterocycles. The van der Waals surface area contributed by atoms with Crippen molar-refractivity contribution in [1.82, 2.24) is 14.3 Å². The third kappa shape index (κ3) is 1.57. The Morgan fingerprint density at radius 2 is 2.13 bits per heavy atom. The number of nitrogens with two attached hydrogens (primary N) is 1. The van der Waals surface area contributed by atoms with Crippen LogP contribution in [0.5, 0.6) is 0 Å². The molecule has 4 nitrogen and oxygen atoms in total. The van der Waals surface area contributed by atoms with Crippen LogP contribution in [0.15, 0.2) is 18.3 Å². The first-order valence-corrected chi connectivity index (χ1v) is 5.01. The molecule has 0 aliphatic carbocycles. The highest BCUT2D eigenvalue weighted by Crippen LogP contribution is 2.18. The van der Waals surface area contributed by atoms with Gasteiger partial charge in [0.2, 0.25) is 0 Å². The summed E-state index contributed by atoms with van der Waals surface area (Å²) in [4.78, 5) is 0. The van der Waals surface area contributed by atoms with Gasteiger partial charge in [0.1, 0.15) is 0 Å². The fourth-order valence-electron chi connectivity index (χ4n) is 1.91. The molecule has 0 radical (unpaired) electrons. The fraction of sp³-hybridized carbons (Fsp3) is 0.364. The van der Waals surface area contributed by atoms with Crippen LogP contribution in [0.25, 0.3) is 5.82 Å². The van der Waals surface area contributed by atoms with Gasteiger partial charge >= 0.3 is 0 Å². The highest BCUT2D eigenvalue weighted by atomic mass is 15.3. The van der Waals surface area contributed by atoms with Crippen molar-refractivity contribution in [3.05, 3.63) is 35.3 Å². The molecule has 2 aromatic heterocycles. The summed E-state index contributed by atoms with van der Waals surface area (Å²) in [6.45, 7) is 4.72. The minimum atomic E-state index is 0.576. The SMILES string of the molecule is Cc1cc(CN)c(C)n1-c1ccn(C)n1. The molecule has 2 rings (SSSR count). The van der Waals surface area contributed by atoms with Gasteiger partial charge in [0.15, 0.2) is 5.82 Å². The Kier molecular flexibility index (Phi) is 2.36. The van der Waals surface area contributed by atoms with Crippen LogP contribution in [0.2, 0.25) is 0 Å². The maximum absolute atomic E-state index is 5.68. The van der Waals surface area contributed by atoms with Gasteiger partial charge in [-0.05, 0) is 25.5 Å². The largest absolute Gasteiger partial charge is 0.326 e. The normalized spacial score (nSPS) is 10.9. The molecule has 80 valence electrons. The Balaban J connectivity index is 2.57. The molecule has 0 aliphatic heterocycles. The van der Waals surface area contributed by atoms with E-state index in [1.54, 1.807) is 4.68 Å². The van der Waals surface area contributed by atoms with E-state index in [9.17, 15) is 0 Å². The zero-order chi connectivity index (χ0) is 11.0. The summed E-state index contributed by atoms with van der Waals surface area (Å²) in [7, 11) is 1.92. The Hall–Kier alpha value is -1.55. The summed E-state index contributed by atoms with van der Waals surface area (Å²) in [5.74, 6) is 0.951.